The van der Waals surface area contributed by atoms with Crippen LogP contribution in [0.3, 0.4) is 0 Å². The predicted octanol–water partition coefficient (Wildman–Crippen LogP) is 2.71. The van der Waals surface area contributed by atoms with E-state index in [-0.39, 0.29) is 11.9 Å². The number of esters is 1. The third kappa shape index (κ3) is 2.40. The number of rotatable bonds is 3. The molecule has 0 unspecified atom stereocenters. The average Bonchev–Trinajstić information content (AvgIpc) is 2.97. The van der Waals surface area contributed by atoms with Crippen molar-refractivity contribution in [2.45, 2.75) is 20.8 Å². The van der Waals surface area contributed by atoms with Crippen LogP contribution in [0.4, 0.5) is 5.69 Å². The second-order valence-electron chi connectivity index (χ2n) is 5.68. The molecule has 1 amide bonds. The van der Waals surface area contributed by atoms with Crippen LogP contribution in [0.2, 0.25) is 0 Å². The molecule has 1 N–H and O–H groups in total. The molecule has 2 aromatic heterocycles. The predicted molar refractivity (Wildman–Crippen MR) is 91.6 cm³/mol. The molecule has 6 heteroatoms. The van der Waals surface area contributed by atoms with Crippen molar-refractivity contribution in [3.8, 4) is 0 Å². The van der Waals surface area contributed by atoms with E-state index in [0.717, 1.165) is 22.5 Å². The van der Waals surface area contributed by atoms with E-state index in [0.29, 0.717) is 23.4 Å². The molecule has 124 valence electrons. The molecule has 0 saturated carbocycles. The number of carbonyl (C=O) groups is 2. The summed E-state index contributed by atoms with van der Waals surface area (Å²) in [5, 5.41) is 2.80. The fourth-order valence-electron chi connectivity index (χ4n) is 3.03. The zero-order valence-corrected chi connectivity index (χ0v) is 14.1. The molecule has 1 aliphatic heterocycles. The quantitative estimate of drug-likeness (QED) is 0.695. The van der Waals surface area contributed by atoms with E-state index < -0.39 is 0 Å². The summed E-state index contributed by atoms with van der Waals surface area (Å²) in [6, 6.07) is 1.80. The maximum Gasteiger partial charge on any atom is 0.340 e. The van der Waals surface area contributed by atoms with E-state index in [4.69, 9.17) is 4.74 Å². The molecule has 0 aromatic carbocycles. The fourth-order valence-corrected chi connectivity index (χ4v) is 3.03. The topological polar surface area (TPSA) is 73.2 Å². The summed E-state index contributed by atoms with van der Waals surface area (Å²) in [5.74, 6) is -0.512. The van der Waals surface area contributed by atoms with Gasteiger partial charge in [-0.1, -0.05) is 0 Å². The van der Waals surface area contributed by atoms with Gasteiger partial charge in [0.25, 0.3) is 5.91 Å². The van der Waals surface area contributed by atoms with Crippen LogP contribution in [0.1, 0.15) is 39.8 Å². The van der Waals surface area contributed by atoms with Gasteiger partial charge in [-0.25, -0.2) is 4.79 Å². The summed E-state index contributed by atoms with van der Waals surface area (Å²) in [4.78, 5) is 28.5. The first-order valence-corrected chi connectivity index (χ1v) is 7.76. The molecule has 0 fully saturated rings. The summed E-state index contributed by atoms with van der Waals surface area (Å²) in [6.07, 6.45) is 5.09. The number of pyridine rings is 1. The Labute approximate surface area is 140 Å². The van der Waals surface area contributed by atoms with Crippen molar-refractivity contribution in [1.29, 1.82) is 0 Å². The molecule has 0 saturated heterocycles. The average molecular weight is 325 g/mol. The number of nitrogens with one attached hydrogen (secondary N) is 1. The van der Waals surface area contributed by atoms with Crippen LogP contribution in [0.5, 0.6) is 0 Å². The minimum Gasteiger partial charge on any atom is -0.462 e. The maximum absolute atomic E-state index is 12.3. The Bertz CT molecular complexity index is 878. The van der Waals surface area contributed by atoms with Crippen molar-refractivity contribution in [3.63, 3.8) is 0 Å². The van der Waals surface area contributed by atoms with Gasteiger partial charge in [-0.05, 0) is 38.5 Å². The van der Waals surface area contributed by atoms with Gasteiger partial charge in [0.05, 0.1) is 29.6 Å². The first-order chi connectivity index (χ1) is 11.5. The van der Waals surface area contributed by atoms with Gasteiger partial charge in [0, 0.05) is 30.2 Å². The van der Waals surface area contributed by atoms with Crippen LogP contribution in [0.15, 0.2) is 18.5 Å². The minimum absolute atomic E-state index is 0.172. The van der Waals surface area contributed by atoms with Crippen molar-refractivity contribution in [3.05, 3.63) is 46.5 Å². The summed E-state index contributed by atoms with van der Waals surface area (Å²) in [6.45, 7) is 5.84. The summed E-state index contributed by atoms with van der Waals surface area (Å²) in [5.41, 5.74) is 5.05. The second kappa shape index (κ2) is 5.96. The number of hydrogen-bond acceptors (Lipinski definition) is 4. The number of hydrogen-bond donors (Lipinski definition) is 1. The minimum atomic E-state index is -0.340. The molecule has 0 spiro atoms. The highest BCUT2D eigenvalue weighted by Crippen LogP contribution is 2.33. The zero-order chi connectivity index (χ0) is 17.4. The van der Waals surface area contributed by atoms with Crippen molar-refractivity contribution in [2.24, 2.45) is 7.05 Å². The number of carbonyl (C=O) groups excluding carboxylic acids is 2. The van der Waals surface area contributed by atoms with Crippen molar-refractivity contribution >= 4 is 29.2 Å². The number of anilines is 1. The lowest BCUT2D eigenvalue weighted by Crippen LogP contribution is -2.07. The summed E-state index contributed by atoms with van der Waals surface area (Å²) in [7, 11) is 1.87. The van der Waals surface area contributed by atoms with Gasteiger partial charge in [-0.2, -0.15) is 0 Å². The largest absolute Gasteiger partial charge is 0.462 e. The Morgan fingerprint density at radius 2 is 2.17 bits per heavy atom. The normalized spacial score (nSPS) is 14.7. The highest BCUT2D eigenvalue weighted by atomic mass is 16.5. The fraction of sp³-hybridized carbons (Fsp3) is 0.278. The molecule has 0 atom stereocenters. The standard InChI is InChI=1S/C18H19N3O3/c1-5-24-18(23)16-10(2)15(21(4)11(16)3)8-13-12-6-7-19-9-14(12)20-17(13)22/h6-9H,5H2,1-4H3,(H,20,22). The molecule has 0 bridgehead atoms. The Morgan fingerprint density at radius 3 is 2.88 bits per heavy atom. The van der Waals surface area contributed by atoms with Crippen LogP contribution < -0.4 is 5.32 Å². The smallest absolute Gasteiger partial charge is 0.340 e. The maximum atomic E-state index is 12.3. The van der Waals surface area contributed by atoms with Crippen LogP contribution in [-0.4, -0.2) is 28.0 Å². The van der Waals surface area contributed by atoms with Gasteiger partial charge < -0.3 is 14.6 Å². The van der Waals surface area contributed by atoms with Gasteiger partial charge in [0.1, 0.15) is 0 Å². The molecule has 24 heavy (non-hydrogen) atoms. The van der Waals surface area contributed by atoms with Gasteiger partial charge in [-0.15, -0.1) is 0 Å². The highest BCUT2D eigenvalue weighted by molar-refractivity contribution is 6.34. The van der Waals surface area contributed by atoms with E-state index in [9.17, 15) is 9.59 Å². The lowest BCUT2D eigenvalue weighted by molar-refractivity contribution is -0.110. The van der Waals surface area contributed by atoms with Gasteiger partial charge in [0.2, 0.25) is 0 Å². The van der Waals surface area contributed by atoms with E-state index in [1.807, 2.05) is 31.5 Å². The molecule has 0 aliphatic carbocycles. The highest BCUT2D eigenvalue weighted by Gasteiger charge is 2.26. The van der Waals surface area contributed by atoms with Crippen LogP contribution in [0, 0.1) is 13.8 Å². The van der Waals surface area contributed by atoms with Crippen molar-refractivity contribution in [2.75, 3.05) is 11.9 Å². The number of amides is 1. The van der Waals surface area contributed by atoms with Crippen LogP contribution >= 0.6 is 0 Å². The van der Waals surface area contributed by atoms with E-state index >= 15 is 0 Å². The Kier molecular flexibility index (Phi) is 3.97. The lowest BCUT2D eigenvalue weighted by Gasteiger charge is -2.03. The zero-order valence-electron chi connectivity index (χ0n) is 14.1. The Hall–Kier alpha value is -2.89. The summed E-state index contributed by atoms with van der Waals surface area (Å²) < 4.78 is 7.05. The molecule has 3 rings (SSSR count). The molecular formula is C18H19N3O3. The first kappa shape index (κ1) is 16.0. The second-order valence-corrected chi connectivity index (χ2v) is 5.68. The monoisotopic (exact) mass is 325 g/mol. The number of nitrogens with zero attached hydrogens (tertiary/aromatic N) is 2. The van der Waals surface area contributed by atoms with Crippen molar-refractivity contribution < 1.29 is 14.3 Å². The Morgan fingerprint density at radius 1 is 1.42 bits per heavy atom. The third-order valence-corrected chi connectivity index (χ3v) is 4.35. The van der Waals surface area contributed by atoms with Crippen LogP contribution in [-0.2, 0) is 16.6 Å². The van der Waals surface area contributed by atoms with Crippen molar-refractivity contribution in [1.82, 2.24) is 9.55 Å². The van der Waals surface area contributed by atoms with E-state index in [1.54, 1.807) is 25.4 Å². The van der Waals surface area contributed by atoms with Gasteiger partial charge >= 0.3 is 5.97 Å². The number of ether oxygens (including phenoxy) is 1. The molecule has 6 nitrogen and oxygen atoms in total. The van der Waals surface area contributed by atoms with Crippen LogP contribution in [0.25, 0.3) is 11.6 Å². The number of fused-ring (bicyclic) bond motifs is 1. The van der Waals surface area contributed by atoms with E-state index in [1.165, 1.54) is 0 Å². The third-order valence-electron chi connectivity index (χ3n) is 4.35. The molecule has 1 aliphatic rings. The SMILES string of the molecule is CCOC(=O)c1c(C)c(C=C2C(=O)Nc3cnccc32)n(C)c1C. The Balaban J connectivity index is 2.13. The van der Waals surface area contributed by atoms with Gasteiger partial charge in [0.15, 0.2) is 0 Å². The molecule has 2 aromatic rings. The van der Waals surface area contributed by atoms with E-state index in [2.05, 4.69) is 10.3 Å². The molecule has 3 heterocycles. The first-order valence-electron chi connectivity index (χ1n) is 7.76. The van der Waals surface area contributed by atoms with Gasteiger partial charge in [-0.3, -0.25) is 9.78 Å². The molecular weight excluding hydrogens is 306 g/mol. The number of aromatic nitrogens is 2. The lowest BCUT2D eigenvalue weighted by atomic mass is 10.0. The molecule has 0 radical (unpaired) electrons. The summed E-state index contributed by atoms with van der Waals surface area (Å²) >= 11 is 0.